The average molecular weight is 282 g/mol. The molecular formula is C16H18N4O. The van der Waals surface area contributed by atoms with Crippen molar-refractivity contribution in [3.8, 4) is 0 Å². The molecule has 1 saturated heterocycles. The molecule has 5 heteroatoms. The van der Waals surface area contributed by atoms with Crippen molar-refractivity contribution in [1.29, 1.82) is 0 Å². The summed E-state index contributed by atoms with van der Waals surface area (Å²) in [6, 6.07) is 3.58. The smallest absolute Gasteiger partial charge is 0.274 e. The van der Waals surface area contributed by atoms with Crippen LogP contribution in [0.1, 0.15) is 30.3 Å². The van der Waals surface area contributed by atoms with Gasteiger partial charge in [-0.15, -0.1) is 0 Å². The molecule has 1 aliphatic carbocycles. The van der Waals surface area contributed by atoms with E-state index in [1.807, 2.05) is 17.2 Å². The van der Waals surface area contributed by atoms with Crippen LogP contribution in [-0.2, 0) is 0 Å². The zero-order valence-electron chi connectivity index (χ0n) is 12.1. The molecule has 5 nitrogen and oxygen atoms in total. The second-order valence-corrected chi connectivity index (χ2v) is 6.17. The van der Waals surface area contributed by atoms with Crippen LogP contribution in [0.4, 0.5) is 0 Å². The van der Waals surface area contributed by atoms with Gasteiger partial charge < -0.3 is 4.90 Å². The second kappa shape index (κ2) is 4.69. The summed E-state index contributed by atoms with van der Waals surface area (Å²) in [6.07, 6.45) is 8.08. The highest BCUT2D eigenvalue weighted by molar-refractivity contribution is 5.93. The Hall–Kier alpha value is -2.17. The van der Waals surface area contributed by atoms with Crippen LogP contribution >= 0.6 is 0 Å². The molecule has 3 heterocycles. The van der Waals surface area contributed by atoms with E-state index < -0.39 is 0 Å². The van der Waals surface area contributed by atoms with Crippen LogP contribution in [-0.4, -0.2) is 38.5 Å². The number of hydrogen-bond acceptors (Lipinski definition) is 3. The highest BCUT2D eigenvalue weighted by Gasteiger charge is 2.37. The number of likely N-dealkylation sites (tertiary alicyclic amines) is 1. The Balaban J connectivity index is 1.56. The summed E-state index contributed by atoms with van der Waals surface area (Å²) in [5, 5.41) is 4.34. The number of fused-ring (bicyclic) bond motifs is 2. The number of hydrogen-bond donors (Lipinski definition) is 0. The number of aromatic nitrogens is 3. The van der Waals surface area contributed by atoms with Crippen LogP contribution < -0.4 is 0 Å². The van der Waals surface area contributed by atoms with Gasteiger partial charge in [0.05, 0.1) is 0 Å². The van der Waals surface area contributed by atoms with Crippen LogP contribution in [0.3, 0.4) is 0 Å². The third-order valence-corrected chi connectivity index (χ3v) is 4.67. The van der Waals surface area contributed by atoms with Crippen LogP contribution in [0.25, 0.3) is 5.65 Å². The van der Waals surface area contributed by atoms with Gasteiger partial charge in [-0.05, 0) is 37.7 Å². The van der Waals surface area contributed by atoms with Gasteiger partial charge in [-0.1, -0.05) is 11.6 Å². The number of nitrogens with zero attached hydrogens (tertiary/aromatic N) is 4. The predicted molar refractivity (Wildman–Crippen MR) is 78.9 cm³/mol. The van der Waals surface area contributed by atoms with Gasteiger partial charge in [0.25, 0.3) is 5.91 Å². The van der Waals surface area contributed by atoms with Crippen molar-refractivity contribution in [2.24, 2.45) is 11.8 Å². The fraction of sp³-hybridized carbons (Fsp3) is 0.438. The topological polar surface area (TPSA) is 50.5 Å². The van der Waals surface area contributed by atoms with Crippen molar-refractivity contribution in [1.82, 2.24) is 19.5 Å². The lowest BCUT2D eigenvalue weighted by molar-refractivity contribution is 0.0778. The molecule has 1 aliphatic heterocycles. The molecule has 108 valence electrons. The molecule has 2 aliphatic rings. The van der Waals surface area contributed by atoms with Gasteiger partial charge in [0.1, 0.15) is 0 Å². The molecular weight excluding hydrogens is 264 g/mol. The summed E-state index contributed by atoms with van der Waals surface area (Å²) in [7, 11) is 0. The third-order valence-electron chi connectivity index (χ3n) is 4.67. The molecule has 0 radical (unpaired) electrons. The number of carbonyl (C=O) groups is 1. The minimum Gasteiger partial charge on any atom is -0.337 e. The molecule has 2 aromatic rings. The minimum atomic E-state index is 0.0348. The predicted octanol–water partition coefficient (Wildman–Crippen LogP) is 2.16. The summed E-state index contributed by atoms with van der Waals surface area (Å²) in [5.41, 5.74) is 2.68. The van der Waals surface area contributed by atoms with E-state index in [0.717, 1.165) is 31.6 Å². The van der Waals surface area contributed by atoms with E-state index >= 15 is 0 Å². The summed E-state index contributed by atoms with van der Waals surface area (Å²) >= 11 is 0. The maximum atomic E-state index is 12.6. The van der Waals surface area contributed by atoms with Crippen molar-refractivity contribution >= 4 is 11.6 Å². The highest BCUT2D eigenvalue weighted by atomic mass is 16.2. The van der Waals surface area contributed by atoms with Gasteiger partial charge in [0.15, 0.2) is 11.3 Å². The van der Waals surface area contributed by atoms with E-state index in [1.165, 1.54) is 5.57 Å². The first-order chi connectivity index (χ1) is 10.2. The summed E-state index contributed by atoms with van der Waals surface area (Å²) in [5.74, 6) is 1.27. The fourth-order valence-electron chi connectivity index (χ4n) is 3.55. The maximum absolute atomic E-state index is 12.6. The highest BCUT2D eigenvalue weighted by Crippen LogP contribution is 2.36. The summed E-state index contributed by atoms with van der Waals surface area (Å²) in [6.45, 7) is 3.90. The molecule has 2 aromatic heterocycles. The van der Waals surface area contributed by atoms with Gasteiger partial charge in [-0.3, -0.25) is 4.79 Å². The van der Waals surface area contributed by atoms with E-state index in [-0.39, 0.29) is 5.91 Å². The van der Waals surface area contributed by atoms with Crippen molar-refractivity contribution in [2.45, 2.75) is 19.8 Å². The standard InChI is InChI=1S/C16H18N4O/c1-11-3-4-12-9-19(10-13(12)7-11)16(21)14-8-15-17-5-2-6-20(15)18-14/h2-3,5-6,8,12-13H,4,7,9-10H2,1H3/t12-,13+/m0/s1. The SMILES string of the molecule is CC1=CC[C@H]2CN(C(=O)c3cc4ncccn4n3)C[C@H]2C1. The molecule has 0 spiro atoms. The van der Waals surface area contributed by atoms with Crippen LogP contribution in [0.2, 0.25) is 0 Å². The van der Waals surface area contributed by atoms with Gasteiger partial charge in [-0.25, -0.2) is 9.50 Å². The fourth-order valence-corrected chi connectivity index (χ4v) is 3.55. The quantitative estimate of drug-likeness (QED) is 0.753. The van der Waals surface area contributed by atoms with Gasteiger partial charge in [-0.2, -0.15) is 5.10 Å². The van der Waals surface area contributed by atoms with E-state index in [2.05, 4.69) is 23.1 Å². The minimum absolute atomic E-state index is 0.0348. The lowest BCUT2D eigenvalue weighted by Gasteiger charge is -2.21. The summed E-state index contributed by atoms with van der Waals surface area (Å²) < 4.78 is 1.65. The van der Waals surface area contributed by atoms with Crippen molar-refractivity contribution < 1.29 is 4.79 Å². The van der Waals surface area contributed by atoms with E-state index in [4.69, 9.17) is 0 Å². The van der Waals surface area contributed by atoms with E-state index in [0.29, 0.717) is 17.5 Å². The Morgan fingerprint density at radius 2 is 2.19 bits per heavy atom. The normalized spacial score (nSPS) is 25.0. The Kier molecular flexibility index (Phi) is 2.80. The first kappa shape index (κ1) is 12.6. The summed E-state index contributed by atoms with van der Waals surface area (Å²) in [4.78, 5) is 18.8. The number of allylic oxidation sites excluding steroid dienone is 2. The van der Waals surface area contributed by atoms with Crippen LogP contribution in [0.5, 0.6) is 0 Å². The molecule has 0 unspecified atom stereocenters. The Labute approximate surface area is 123 Å². The van der Waals surface area contributed by atoms with E-state index in [1.54, 1.807) is 16.8 Å². The maximum Gasteiger partial charge on any atom is 0.274 e. The van der Waals surface area contributed by atoms with Crippen LogP contribution in [0, 0.1) is 11.8 Å². The Bertz CT molecular complexity index is 700. The largest absolute Gasteiger partial charge is 0.337 e. The third kappa shape index (κ3) is 2.13. The molecule has 0 saturated carbocycles. The monoisotopic (exact) mass is 282 g/mol. The average Bonchev–Trinajstić information content (AvgIpc) is 3.09. The number of carbonyl (C=O) groups excluding carboxylic acids is 1. The molecule has 0 aromatic carbocycles. The molecule has 0 bridgehead atoms. The zero-order valence-corrected chi connectivity index (χ0v) is 12.1. The Morgan fingerprint density at radius 3 is 3.05 bits per heavy atom. The molecule has 21 heavy (non-hydrogen) atoms. The molecule has 0 N–H and O–H groups in total. The van der Waals surface area contributed by atoms with Crippen LogP contribution in [0.15, 0.2) is 36.2 Å². The molecule has 2 atom stereocenters. The van der Waals surface area contributed by atoms with Gasteiger partial charge >= 0.3 is 0 Å². The molecule has 1 amide bonds. The lowest BCUT2D eigenvalue weighted by Crippen LogP contribution is -2.29. The first-order valence-electron chi connectivity index (χ1n) is 7.46. The number of rotatable bonds is 1. The van der Waals surface area contributed by atoms with Crippen molar-refractivity contribution in [2.75, 3.05) is 13.1 Å². The van der Waals surface area contributed by atoms with E-state index in [9.17, 15) is 4.79 Å². The number of amides is 1. The van der Waals surface area contributed by atoms with Crippen molar-refractivity contribution in [3.05, 3.63) is 41.9 Å². The zero-order chi connectivity index (χ0) is 14.4. The van der Waals surface area contributed by atoms with Gasteiger partial charge in [0.2, 0.25) is 0 Å². The van der Waals surface area contributed by atoms with Crippen molar-refractivity contribution in [3.63, 3.8) is 0 Å². The molecule has 4 rings (SSSR count). The lowest BCUT2D eigenvalue weighted by atomic mass is 9.83. The second-order valence-electron chi connectivity index (χ2n) is 6.17. The van der Waals surface area contributed by atoms with Gasteiger partial charge in [0, 0.05) is 31.5 Å². The Morgan fingerprint density at radius 1 is 1.33 bits per heavy atom. The molecule has 1 fully saturated rings. The first-order valence-corrected chi connectivity index (χ1v) is 7.46.